The van der Waals surface area contributed by atoms with Crippen LogP contribution in [0.1, 0.15) is 19.5 Å². The SMILES string of the molecule is CCOC(=O)Cc1cc(OCC)ccn1. The molecule has 0 atom stereocenters. The summed E-state index contributed by atoms with van der Waals surface area (Å²) in [6, 6.07) is 3.51. The van der Waals surface area contributed by atoms with Gasteiger partial charge in [-0.1, -0.05) is 0 Å². The molecule has 0 radical (unpaired) electrons. The Morgan fingerprint density at radius 1 is 1.40 bits per heavy atom. The quantitative estimate of drug-likeness (QED) is 0.691. The molecule has 15 heavy (non-hydrogen) atoms. The molecule has 0 aromatic carbocycles. The van der Waals surface area contributed by atoms with E-state index in [-0.39, 0.29) is 12.4 Å². The van der Waals surface area contributed by atoms with E-state index in [4.69, 9.17) is 9.47 Å². The summed E-state index contributed by atoms with van der Waals surface area (Å²) in [6.07, 6.45) is 1.81. The smallest absolute Gasteiger partial charge is 0.311 e. The van der Waals surface area contributed by atoms with Crippen LogP contribution in [0.3, 0.4) is 0 Å². The van der Waals surface area contributed by atoms with Gasteiger partial charge in [-0.15, -0.1) is 0 Å². The lowest BCUT2D eigenvalue weighted by Crippen LogP contribution is -2.08. The van der Waals surface area contributed by atoms with Crippen molar-refractivity contribution in [2.24, 2.45) is 0 Å². The highest BCUT2D eigenvalue weighted by molar-refractivity contribution is 5.72. The molecule has 0 aliphatic carbocycles. The summed E-state index contributed by atoms with van der Waals surface area (Å²) in [6.45, 7) is 4.68. The van der Waals surface area contributed by atoms with Crippen LogP contribution in [-0.2, 0) is 16.0 Å². The molecule has 4 nitrogen and oxygen atoms in total. The zero-order valence-electron chi connectivity index (χ0n) is 9.03. The van der Waals surface area contributed by atoms with E-state index in [0.29, 0.717) is 18.9 Å². The van der Waals surface area contributed by atoms with Gasteiger partial charge in [0.25, 0.3) is 0 Å². The lowest BCUT2D eigenvalue weighted by Gasteiger charge is -2.04. The number of nitrogens with zero attached hydrogens (tertiary/aromatic N) is 1. The largest absolute Gasteiger partial charge is 0.494 e. The minimum absolute atomic E-state index is 0.189. The molecule has 1 rings (SSSR count). The second-order valence-corrected chi connectivity index (χ2v) is 2.90. The highest BCUT2D eigenvalue weighted by atomic mass is 16.5. The van der Waals surface area contributed by atoms with E-state index in [1.54, 1.807) is 25.3 Å². The van der Waals surface area contributed by atoms with Crippen LogP contribution in [0, 0.1) is 0 Å². The van der Waals surface area contributed by atoms with Gasteiger partial charge in [0.2, 0.25) is 0 Å². The molecule has 0 unspecified atom stereocenters. The Kier molecular flexibility index (Phi) is 4.60. The third kappa shape index (κ3) is 3.97. The third-order valence-corrected chi connectivity index (χ3v) is 1.73. The second kappa shape index (κ2) is 6.01. The molecule has 0 fully saturated rings. The van der Waals surface area contributed by atoms with Gasteiger partial charge in [0.1, 0.15) is 5.75 Å². The Bertz CT molecular complexity index is 325. The number of rotatable bonds is 5. The van der Waals surface area contributed by atoms with Gasteiger partial charge in [-0.3, -0.25) is 9.78 Å². The summed E-state index contributed by atoms with van der Waals surface area (Å²) in [4.78, 5) is 15.2. The summed E-state index contributed by atoms with van der Waals surface area (Å²) in [5.41, 5.74) is 0.666. The Hall–Kier alpha value is -1.58. The minimum atomic E-state index is -0.265. The van der Waals surface area contributed by atoms with E-state index in [9.17, 15) is 4.79 Å². The van der Waals surface area contributed by atoms with Crippen LogP contribution in [0.2, 0.25) is 0 Å². The fraction of sp³-hybridized carbons (Fsp3) is 0.455. The van der Waals surface area contributed by atoms with Gasteiger partial charge in [-0.2, -0.15) is 0 Å². The number of pyridine rings is 1. The van der Waals surface area contributed by atoms with Crippen molar-refractivity contribution < 1.29 is 14.3 Å². The van der Waals surface area contributed by atoms with Crippen LogP contribution in [0.15, 0.2) is 18.3 Å². The van der Waals surface area contributed by atoms with Crippen molar-refractivity contribution in [2.45, 2.75) is 20.3 Å². The Morgan fingerprint density at radius 2 is 2.20 bits per heavy atom. The van der Waals surface area contributed by atoms with Gasteiger partial charge in [0.05, 0.1) is 25.3 Å². The second-order valence-electron chi connectivity index (χ2n) is 2.90. The number of hydrogen-bond acceptors (Lipinski definition) is 4. The van der Waals surface area contributed by atoms with Gasteiger partial charge in [-0.25, -0.2) is 0 Å². The van der Waals surface area contributed by atoms with Crippen molar-refractivity contribution in [2.75, 3.05) is 13.2 Å². The summed E-state index contributed by atoms with van der Waals surface area (Å²) in [7, 11) is 0. The normalized spacial score (nSPS) is 9.73. The molecule has 1 aromatic heterocycles. The number of hydrogen-bond donors (Lipinski definition) is 0. The minimum Gasteiger partial charge on any atom is -0.494 e. The maximum Gasteiger partial charge on any atom is 0.311 e. The fourth-order valence-electron chi connectivity index (χ4n) is 1.17. The monoisotopic (exact) mass is 209 g/mol. The molecule has 4 heteroatoms. The summed E-state index contributed by atoms with van der Waals surface area (Å²) in [5, 5.41) is 0. The first-order valence-corrected chi connectivity index (χ1v) is 4.99. The highest BCUT2D eigenvalue weighted by Crippen LogP contribution is 2.11. The average Bonchev–Trinajstić information content (AvgIpc) is 2.19. The van der Waals surface area contributed by atoms with E-state index in [2.05, 4.69) is 4.98 Å². The zero-order chi connectivity index (χ0) is 11.1. The molecule has 0 bridgehead atoms. The Morgan fingerprint density at radius 3 is 2.87 bits per heavy atom. The van der Waals surface area contributed by atoms with Crippen molar-refractivity contribution in [3.05, 3.63) is 24.0 Å². The number of ether oxygens (including phenoxy) is 2. The molecule has 0 aliphatic rings. The van der Waals surface area contributed by atoms with E-state index in [1.165, 1.54) is 0 Å². The van der Waals surface area contributed by atoms with Crippen LogP contribution in [0.25, 0.3) is 0 Å². The molecular weight excluding hydrogens is 194 g/mol. The lowest BCUT2D eigenvalue weighted by atomic mass is 10.2. The molecule has 1 heterocycles. The summed E-state index contributed by atoms with van der Waals surface area (Å²) >= 11 is 0. The Labute approximate surface area is 89.2 Å². The lowest BCUT2D eigenvalue weighted by molar-refractivity contribution is -0.142. The molecule has 0 aliphatic heterocycles. The van der Waals surface area contributed by atoms with E-state index < -0.39 is 0 Å². The van der Waals surface area contributed by atoms with Crippen LogP contribution in [-0.4, -0.2) is 24.2 Å². The zero-order valence-corrected chi connectivity index (χ0v) is 9.03. The van der Waals surface area contributed by atoms with Gasteiger partial charge in [0.15, 0.2) is 0 Å². The topological polar surface area (TPSA) is 48.4 Å². The average molecular weight is 209 g/mol. The fourth-order valence-corrected chi connectivity index (χ4v) is 1.17. The van der Waals surface area contributed by atoms with Crippen molar-refractivity contribution in [3.8, 4) is 5.75 Å². The molecule has 0 spiro atoms. The van der Waals surface area contributed by atoms with Crippen molar-refractivity contribution in [3.63, 3.8) is 0 Å². The first kappa shape index (κ1) is 11.5. The van der Waals surface area contributed by atoms with Crippen LogP contribution < -0.4 is 4.74 Å². The molecule has 1 aromatic rings. The predicted molar refractivity (Wildman–Crippen MR) is 55.7 cm³/mol. The predicted octanol–water partition coefficient (Wildman–Crippen LogP) is 1.59. The van der Waals surface area contributed by atoms with Crippen molar-refractivity contribution in [1.29, 1.82) is 0 Å². The van der Waals surface area contributed by atoms with Crippen molar-refractivity contribution in [1.82, 2.24) is 4.98 Å². The molecular formula is C11H15NO3. The standard InChI is InChI=1S/C11H15NO3/c1-3-14-10-5-6-12-9(7-10)8-11(13)15-4-2/h5-7H,3-4,8H2,1-2H3. The number of esters is 1. The summed E-state index contributed by atoms with van der Waals surface area (Å²) in [5.74, 6) is 0.463. The Balaban J connectivity index is 2.60. The first-order chi connectivity index (χ1) is 7.26. The number of carbonyl (C=O) groups is 1. The van der Waals surface area contributed by atoms with E-state index >= 15 is 0 Å². The van der Waals surface area contributed by atoms with Crippen molar-refractivity contribution >= 4 is 5.97 Å². The van der Waals surface area contributed by atoms with E-state index in [1.807, 2.05) is 6.92 Å². The van der Waals surface area contributed by atoms with Gasteiger partial charge < -0.3 is 9.47 Å². The number of aromatic nitrogens is 1. The molecule has 82 valence electrons. The number of carbonyl (C=O) groups excluding carboxylic acids is 1. The third-order valence-electron chi connectivity index (χ3n) is 1.73. The van der Waals surface area contributed by atoms with Gasteiger partial charge >= 0.3 is 5.97 Å². The molecule has 0 N–H and O–H groups in total. The summed E-state index contributed by atoms with van der Waals surface area (Å²) < 4.78 is 10.1. The van der Waals surface area contributed by atoms with Gasteiger partial charge in [0, 0.05) is 12.3 Å². The highest BCUT2D eigenvalue weighted by Gasteiger charge is 2.05. The maximum atomic E-state index is 11.2. The van der Waals surface area contributed by atoms with Crippen LogP contribution in [0.5, 0.6) is 5.75 Å². The maximum absolute atomic E-state index is 11.2. The molecule has 0 saturated carbocycles. The van der Waals surface area contributed by atoms with Crippen LogP contribution in [0.4, 0.5) is 0 Å². The van der Waals surface area contributed by atoms with Crippen LogP contribution >= 0.6 is 0 Å². The van der Waals surface area contributed by atoms with E-state index in [0.717, 1.165) is 5.75 Å². The molecule has 0 amide bonds. The van der Waals surface area contributed by atoms with Gasteiger partial charge in [-0.05, 0) is 19.9 Å². The first-order valence-electron chi connectivity index (χ1n) is 4.99. The molecule has 0 saturated heterocycles.